The largest absolute Gasteiger partial charge is 0.416 e. The molecule has 2 saturated heterocycles. The van der Waals surface area contributed by atoms with Gasteiger partial charge in [0.05, 0.1) is 23.5 Å². The van der Waals surface area contributed by atoms with Crippen molar-refractivity contribution < 1.29 is 27.5 Å². The van der Waals surface area contributed by atoms with Gasteiger partial charge in [0.15, 0.2) is 0 Å². The number of carbonyl (C=O) groups is 2. The number of halogens is 3. The van der Waals surface area contributed by atoms with Gasteiger partial charge in [0, 0.05) is 24.3 Å². The van der Waals surface area contributed by atoms with Crippen LogP contribution in [0.25, 0.3) is 0 Å². The average molecular weight is 388 g/mol. The number of fused-ring (bicyclic) bond motifs is 2. The highest BCUT2D eigenvalue weighted by molar-refractivity contribution is 7.99. The quantitative estimate of drug-likeness (QED) is 0.862. The molecule has 1 aromatic carbocycles. The lowest BCUT2D eigenvalue weighted by atomic mass is 10.1. The Hall–Kier alpha value is -1.74. The lowest BCUT2D eigenvalue weighted by Gasteiger charge is -2.32. The smallest absolute Gasteiger partial charge is 0.371 e. The molecule has 142 valence electrons. The lowest BCUT2D eigenvalue weighted by Crippen LogP contribution is -2.45. The maximum atomic E-state index is 13.2. The maximum Gasteiger partial charge on any atom is 0.416 e. The number of anilines is 1. The predicted octanol–water partition coefficient (Wildman–Crippen LogP) is 3.01. The van der Waals surface area contributed by atoms with Crippen LogP contribution in [0.4, 0.5) is 18.9 Å². The highest BCUT2D eigenvalue weighted by Gasteiger charge is 2.37. The lowest BCUT2D eigenvalue weighted by molar-refractivity contribution is -0.137. The van der Waals surface area contributed by atoms with E-state index < -0.39 is 23.6 Å². The summed E-state index contributed by atoms with van der Waals surface area (Å²) in [5.74, 6) is -0.775. The molecule has 1 N–H and O–H groups in total. The normalized spacial score (nSPS) is 22.4. The Labute approximate surface area is 153 Å². The molecule has 2 fully saturated rings. The number of amides is 2. The van der Waals surface area contributed by atoms with Crippen LogP contribution in [0.5, 0.6) is 0 Å². The van der Waals surface area contributed by atoms with E-state index in [9.17, 15) is 22.8 Å². The van der Waals surface area contributed by atoms with Crippen LogP contribution in [-0.2, 0) is 15.7 Å². The van der Waals surface area contributed by atoms with Gasteiger partial charge in [-0.05, 0) is 37.3 Å². The summed E-state index contributed by atoms with van der Waals surface area (Å²) in [6.45, 7) is 0.749. The van der Waals surface area contributed by atoms with E-state index in [1.165, 1.54) is 22.7 Å². The van der Waals surface area contributed by atoms with Gasteiger partial charge in [0.25, 0.3) is 5.91 Å². The standard InChI is InChI=1S/C17H19F3N2O3S/c1-26-9-15(23)21-12-5-10(4-11(6-12)17(18,19)20)16(24)22-7-13-2-3-14(8-22)25-13/h4-6,13-14H,2-3,7-9H2,1H3,(H,21,23)/t13-,14+. The molecule has 0 aromatic heterocycles. The second-order valence-corrected chi connectivity index (χ2v) is 7.31. The van der Waals surface area contributed by atoms with Crippen molar-refractivity contribution in [3.05, 3.63) is 29.3 Å². The van der Waals surface area contributed by atoms with Gasteiger partial charge in [0.1, 0.15) is 0 Å². The number of nitrogens with one attached hydrogen (secondary N) is 1. The minimum atomic E-state index is -4.61. The van der Waals surface area contributed by atoms with Gasteiger partial charge in [-0.3, -0.25) is 9.59 Å². The van der Waals surface area contributed by atoms with E-state index in [-0.39, 0.29) is 29.2 Å². The van der Waals surface area contributed by atoms with Crippen molar-refractivity contribution in [3.63, 3.8) is 0 Å². The van der Waals surface area contributed by atoms with E-state index in [4.69, 9.17) is 4.74 Å². The van der Waals surface area contributed by atoms with Crippen molar-refractivity contribution in [2.75, 3.05) is 30.4 Å². The molecule has 2 heterocycles. The van der Waals surface area contributed by atoms with E-state index in [2.05, 4.69) is 5.32 Å². The van der Waals surface area contributed by atoms with Gasteiger partial charge >= 0.3 is 6.18 Å². The highest BCUT2D eigenvalue weighted by atomic mass is 32.2. The van der Waals surface area contributed by atoms with Crippen LogP contribution in [-0.4, -0.2) is 54.0 Å². The van der Waals surface area contributed by atoms with Gasteiger partial charge < -0.3 is 15.0 Å². The fourth-order valence-corrected chi connectivity index (χ4v) is 3.61. The number of rotatable bonds is 4. The van der Waals surface area contributed by atoms with Gasteiger partial charge in [-0.25, -0.2) is 0 Å². The van der Waals surface area contributed by atoms with Gasteiger partial charge in [-0.1, -0.05) is 0 Å². The third kappa shape index (κ3) is 4.32. The van der Waals surface area contributed by atoms with Gasteiger partial charge in [0.2, 0.25) is 5.91 Å². The van der Waals surface area contributed by atoms with Crippen LogP contribution in [0.3, 0.4) is 0 Å². The molecule has 5 nitrogen and oxygen atoms in total. The second-order valence-electron chi connectivity index (χ2n) is 6.45. The summed E-state index contributed by atoms with van der Waals surface area (Å²) in [5, 5.41) is 2.43. The van der Waals surface area contributed by atoms with E-state index >= 15 is 0 Å². The minimum Gasteiger partial charge on any atom is -0.371 e. The van der Waals surface area contributed by atoms with Crippen molar-refractivity contribution in [3.8, 4) is 0 Å². The molecule has 3 rings (SSSR count). The first-order valence-electron chi connectivity index (χ1n) is 8.22. The number of likely N-dealkylation sites (tertiary alicyclic amines) is 1. The SMILES string of the molecule is CSCC(=O)Nc1cc(C(=O)N2C[C@H]3CC[C@@H](C2)O3)cc(C(F)(F)F)c1. The molecule has 0 unspecified atom stereocenters. The Balaban J connectivity index is 1.87. The highest BCUT2D eigenvalue weighted by Crippen LogP contribution is 2.33. The number of alkyl halides is 3. The molecular formula is C17H19F3N2O3S. The van der Waals surface area contributed by atoms with E-state index in [0.717, 1.165) is 25.0 Å². The Morgan fingerprint density at radius 1 is 1.23 bits per heavy atom. The average Bonchev–Trinajstić information content (AvgIpc) is 2.91. The second kappa shape index (κ2) is 7.48. The summed E-state index contributed by atoms with van der Waals surface area (Å²) in [7, 11) is 0. The zero-order valence-electron chi connectivity index (χ0n) is 14.1. The first-order valence-corrected chi connectivity index (χ1v) is 9.61. The summed E-state index contributed by atoms with van der Waals surface area (Å²) >= 11 is 1.26. The monoisotopic (exact) mass is 388 g/mol. The van der Waals surface area contributed by atoms with Crippen molar-refractivity contribution in [2.24, 2.45) is 0 Å². The summed E-state index contributed by atoms with van der Waals surface area (Å²) < 4.78 is 45.3. The zero-order chi connectivity index (χ0) is 18.9. The Kier molecular flexibility index (Phi) is 5.47. The van der Waals surface area contributed by atoms with Crippen LogP contribution in [0.1, 0.15) is 28.8 Å². The summed E-state index contributed by atoms with van der Waals surface area (Å²) in [5.41, 5.74) is -1.07. The molecule has 0 aliphatic carbocycles. The first kappa shape index (κ1) is 19.0. The third-order valence-corrected chi connectivity index (χ3v) is 4.95. The number of benzene rings is 1. The number of morpholine rings is 1. The molecule has 2 atom stereocenters. The van der Waals surface area contributed by atoms with Crippen LogP contribution in [0, 0.1) is 0 Å². The number of hydrogen-bond donors (Lipinski definition) is 1. The first-order chi connectivity index (χ1) is 12.3. The molecule has 2 aliphatic rings. The molecule has 2 aliphatic heterocycles. The van der Waals surface area contributed by atoms with Gasteiger partial charge in [-0.15, -0.1) is 0 Å². The summed E-state index contributed by atoms with van der Waals surface area (Å²) in [6, 6.07) is 2.98. The molecule has 9 heteroatoms. The molecule has 26 heavy (non-hydrogen) atoms. The molecular weight excluding hydrogens is 369 g/mol. The number of nitrogens with zero attached hydrogens (tertiary/aromatic N) is 1. The van der Waals surface area contributed by atoms with Crippen molar-refractivity contribution >= 4 is 29.3 Å². The summed E-state index contributed by atoms with van der Waals surface area (Å²) in [6.07, 6.45) is -1.29. The minimum absolute atomic E-state index is 0.0292. The van der Waals surface area contributed by atoms with Crippen molar-refractivity contribution in [1.29, 1.82) is 0 Å². The molecule has 0 radical (unpaired) electrons. The molecule has 2 amide bonds. The number of thioether (sulfide) groups is 1. The van der Waals surface area contributed by atoms with Crippen LogP contribution < -0.4 is 5.32 Å². The van der Waals surface area contributed by atoms with Crippen molar-refractivity contribution in [1.82, 2.24) is 4.90 Å². The zero-order valence-corrected chi connectivity index (χ0v) is 15.0. The molecule has 1 aromatic rings. The van der Waals surface area contributed by atoms with Gasteiger partial charge in [-0.2, -0.15) is 24.9 Å². The van der Waals surface area contributed by atoms with E-state index in [0.29, 0.717) is 13.1 Å². The number of carbonyl (C=O) groups excluding carboxylic acids is 2. The summed E-state index contributed by atoms with van der Waals surface area (Å²) in [4.78, 5) is 26.0. The third-order valence-electron chi connectivity index (χ3n) is 4.40. The Morgan fingerprint density at radius 2 is 1.88 bits per heavy atom. The van der Waals surface area contributed by atoms with Crippen LogP contribution in [0.2, 0.25) is 0 Å². The topological polar surface area (TPSA) is 58.6 Å². The van der Waals surface area contributed by atoms with Crippen LogP contribution in [0.15, 0.2) is 18.2 Å². The van der Waals surface area contributed by atoms with Crippen LogP contribution >= 0.6 is 11.8 Å². The van der Waals surface area contributed by atoms with E-state index in [1.807, 2.05) is 0 Å². The Morgan fingerprint density at radius 3 is 2.46 bits per heavy atom. The molecule has 2 bridgehead atoms. The molecule has 0 saturated carbocycles. The van der Waals surface area contributed by atoms with Crippen molar-refractivity contribution in [2.45, 2.75) is 31.2 Å². The predicted molar refractivity (Wildman–Crippen MR) is 92.3 cm³/mol. The number of ether oxygens (including phenoxy) is 1. The maximum absolute atomic E-state index is 13.2. The fourth-order valence-electron chi connectivity index (χ4n) is 3.28. The molecule has 0 spiro atoms. The van der Waals surface area contributed by atoms with E-state index in [1.54, 1.807) is 6.26 Å². The Bertz CT molecular complexity index is 699. The fraction of sp³-hybridized carbons (Fsp3) is 0.529. The number of hydrogen-bond acceptors (Lipinski definition) is 4.